The number of fused-ring (bicyclic) bond motifs is 3. The molecule has 0 aliphatic heterocycles. The van der Waals surface area contributed by atoms with Crippen LogP contribution in [0.2, 0.25) is 0 Å². The minimum atomic E-state index is -1.19. The average molecular weight is 318 g/mol. The maximum atomic E-state index is 12.8. The van der Waals surface area contributed by atoms with Gasteiger partial charge in [0.2, 0.25) is 11.6 Å². The van der Waals surface area contributed by atoms with Crippen molar-refractivity contribution in [2.45, 2.75) is 66.7 Å². The number of hydrogen-bond donors (Lipinski definition) is 1. The monoisotopic (exact) mass is 318 g/mol. The number of ketones is 2. The second-order valence-electron chi connectivity index (χ2n) is 9.77. The van der Waals surface area contributed by atoms with E-state index in [0.29, 0.717) is 24.8 Å². The van der Waals surface area contributed by atoms with Gasteiger partial charge in [-0.25, -0.2) is 0 Å². The van der Waals surface area contributed by atoms with Gasteiger partial charge in [-0.05, 0) is 42.9 Å². The van der Waals surface area contributed by atoms with Gasteiger partial charge in [0.1, 0.15) is 0 Å². The van der Waals surface area contributed by atoms with Crippen LogP contribution in [0, 0.1) is 21.7 Å². The number of allylic oxidation sites excluding steroid dienone is 1. The van der Waals surface area contributed by atoms with Gasteiger partial charge in [-0.3, -0.25) is 14.4 Å². The Balaban J connectivity index is 2.26. The van der Waals surface area contributed by atoms with Gasteiger partial charge in [0.05, 0.1) is 5.41 Å². The number of rotatable bonds is 1. The molecule has 4 nitrogen and oxygen atoms in total. The lowest BCUT2D eigenvalue weighted by Crippen LogP contribution is -2.55. The van der Waals surface area contributed by atoms with Crippen LogP contribution >= 0.6 is 0 Å². The number of aliphatic carboxylic acids is 1. The van der Waals surface area contributed by atoms with Crippen molar-refractivity contribution >= 4 is 17.5 Å². The van der Waals surface area contributed by atoms with Crippen LogP contribution in [0.3, 0.4) is 0 Å². The highest BCUT2D eigenvalue weighted by Gasteiger charge is 2.62. The maximum Gasteiger partial charge on any atom is 0.314 e. The molecule has 1 saturated carbocycles. The van der Waals surface area contributed by atoms with E-state index in [1.165, 1.54) is 0 Å². The smallest absolute Gasteiger partial charge is 0.314 e. The van der Waals surface area contributed by atoms with Gasteiger partial charge in [-0.15, -0.1) is 0 Å². The van der Waals surface area contributed by atoms with Gasteiger partial charge < -0.3 is 5.11 Å². The maximum absolute atomic E-state index is 12.8. The number of hydrogen-bond acceptors (Lipinski definition) is 3. The van der Waals surface area contributed by atoms with Crippen LogP contribution in [0.5, 0.6) is 0 Å². The molecule has 0 heterocycles. The molecule has 2 atom stereocenters. The normalized spacial score (nSPS) is 38.3. The molecule has 4 heteroatoms. The molecule has 0 spiro atoms. The predicted molar refractivity (Wildman–Crippen MR) is 85.9 cm³/mol. The molecular weight excluding hydrogens is 292 g/mol. The van der Waals surface area contributed by atoms with Gasteiger partial charge >= 0.3 is 5.97 Å². The van der Waals surface area contributed by atoms with E-state index in [1.54, 1.807) is 13.8 Å². The number of Topliss-reactive ketones (excluding diaryl/α,β-unsaturated/α-hetero) is 2. The van der Waals surface area contributed by atoms with E-state index in [-0.39, 0.29) is 10.8 Å². The molecule has 3 rings (SSSR count). The average Bonchev–Trinajstić information content (AvgIpc) is 2.31. The summed E-state index contributed by atoms with van der Waals surface area (Å²) in [6, 6.07) is 0. The highest BCUT2D eigenvalue weighted by molar-refractivity contribution is 6.47. The van der Waals surface area contributed by atoms with Gasteiger partial charge in [0.15, 0.2) is 0 Å². The second-order valence-corrected chi connectivity index (χ2v) is 9.77. The van der Waals surface area contributed by atoms with Crippen LogP contribution in [0.25, 0.3) is 0 Å². The molecule has 0 saturated heterocycles. The number of carbonyl (C=O) groups is 3. The molecule has 0 amide bonds. The lowest BCUT2D eigenvalue weighted by atomic mass is 9.45. The first kappa shape index (κ1) is 16.4. The Morgan fingerprint density at radius 3 is 2.13 bits per heavy atom. The fraction of sp³-hybridized carbons (Fsp3) is 0.737. The molecule has 126 valence electrons. The topological polar surface area (TPSA) is 71.4 Å². The van der Waals surface area contributed by atoms with Gasteiger partial charge in [-0.2, -0.15) is 0 Å². The molecule has 23 heavy (non-hydrogen) atoms. The van der Waals surface area contributed by atoms with Crippen molar-refractivity contribution < 1.29 is 19.5 Å². The molecule has 0 unspecified atom stereocenters. The molecule has 1 fully saturated rings. The van der Waals surface area contributed by atoms with Gasteiger partial charge in [-0.1, -0.05) is 40.2 Å². The molecule has 2 bridgehead atoms. The first-order valence-electron chi connectivity index (χ1n) is 8.37. The second kappa shape index (κ2) is 4.34. The Morgan fingerprint density at radius 2 is 1.57 bits per heavy atom. The van der Waals surface area contributed by atoms with Crippen molar-refractivity contribution in [3.63, 3.8) is 0 Å². The van der Waals surface area contributed by atoms with Crippen LogP contribution in [-0.2, 0) is 14.4 Å². The summed E-state index contributed by atoms with van der Waals surface area (Å²) in [5, 5.41) is 10.1. The van der Waals surface area contributed by atoms with E-state index in [0.717, 1.165) is 18.4 Å². The van der Waals surface area contributed by atoms with Gasteiger partial charge in [0.25, 0.3) is 0 Å². The largest absolute Gasteiger partial charge is 0.481 e. The van der Waals surface area contributed by atoms with Crippen molar-refractivity contribution in [2.24, 2.45) is 21.7 Å². The third kappa shape index (κ3) is 2.21. The Labute approximate surface area is 137 Å². The van der Waals surface area contributed by atoms with E-state index < -0.39 is 28.4 Å². The van der Waals surface area contributed by atoms with E-state index >= 15 is 0 Å². The minimum absolute atomic E-state index is 0.115. The first-order valence-corrected chi connectivity index (χ1v) is 8.37. The van der Waals surface area contributed by atoms with E-state index in [9.17, 15) is 19.5 Å². The Hall–Kier alpha value is -1.45. The summed E-state index contributed by atoms with van der Waals surface area (Å²) in [5.41, 5.74) is -0.915. The third-order valence-corrected chi connectivity index (χ3v) is 6.00. The van der Waals surface area contributed by atoms with Crippen LogP contribution in [0.15, 0.2) is 11.1 Å². The van der Waals surface area contributed by atoms with Crippen LogP contribution in [0.1, 0.15) is 66.7 Å². The Morgan fingerprint density at radius 1 is 0.957 bits per heavy atom. The summed E-state index contributed by atoms with van der Waals surface area (Å²) >= 11 is 0. The number of carboxylic acids is 1. The highest BCUT2D eigenvalue weighted by atomic mass is 16.4. The molecule has 3 aliphatic rings. The van der Waals surface area contributed by atoms with Crippen LogP contribution in [-0.4, -0.2) is 22.6 Å². The summed E-state index contributed by atoms with van der Waals surface area (Å²) in [5.74, 6) is -1.91. The highest BCUT2D eigenvalue weighted by Crippen LogP contribution is 2.64. The zero-order valence-electron chi connectivity index (χ0n) is 14.7. The molecular formula is C19H26O4. The van der Waals surface area contributed by atoms with E-state index in [4.69, 9.17) is 0 Å². The Kier molecular flexibility index (Phi) is 3.10. The Bertz CT molecular complexity index is 667. The number of carboxylic acid groups (broad SMARTS) is 1. The molecule has 3 aliphatic carbocycles. The molecule has 1 N–H and O–H groups in total. The summed E-state index contributed by atoms with van der Waals surface area (Å²) in [6.07, 6.45) is 3.11. The van der Waals surface area contributed by atoms with Crippen molar-refractivity contribution in [1.82, 2.24) is 0 Å². The zero-order valence-corrected chi connectivity index (χ0v) is 14.7. The van der Waals surface area contributed by atoms with Crippen molar-refractivity contribution in [3.8, 4) is 0 Å². The van der Waals surface area contributed by atoms with E-state index in [1.807, 2.05) is 0 Å². The lowest BCUT2D eigenvalue weighted by Gasteiger charge is -2.57. The number of carbonyl (C=O) groups excluding carboxylic acids is 2. The van der Waals surface area contributed by atoms with Crippen LogP contribution < -0.4 is 0 Å². The summed E-state index contributed by atoms with van der Waals surface area (Å²) in [4.78, 5) is 37.6. The van der Waals surface area contributed by atoms with Crippen LogP contribution in [0.4, 0.5) is 0 Å². The quantitative estimate of drug-likeness (QED) is 0.751. The minimum Gasteiger partial charge on any atom is -0.481 e. The fourth-order valence-electron chi connectivity index (χ4n) is 5.95. The zero-order chi connectivity index (χ0) is 17.4. The molecule has 0 aromatic heterocycles. The SMILES string of the molecule is CC1(C)C[C@@]2(C)CC3=C(C(=O)C(=O)C(C)(C)C3)[C@@](C(=O)O)(C1)C2. The first-order chi connectivity index (χ1) is 10.3. The summed E-state index contributed by atoms with van der Waals surface area (Å²) in [6.45, 7) is 9.88. The fourth-order valence-corrected chi connectivity index (χ4v) is 5.95. The van der Waals surface area contributed by atoms with Crippen molar-refractivity contribution in [2.75, 3.05) is 0 Å². The van der Waals surface area contributed by atoms with Crippen molar-refractivity contribution in [3.05, 3.63) is 11.1 Å². The van der Waals surface area contributed by atoms with Gasteiger partial charge in [0, 0.05) is 11.0 Å². The molecule has 0 aromatic rings. The lowest BCUT2D eigenvalue weighted by molar-refractivity contribution is -0.159. The van der Waals surface area contributed by atoms with E-state index in [2.05, 4.69) is 20.8 Å². The van der Waals surface area contributed by atoms with Crippen molar-refractivity contribution in [1.29, 1.82) is 0 Å². The summed E-state index contributed by atoms with van der Waals surface area (Å²) < 4.78 is 0. The molecule has 0 aromatic carbocycles. The molecule has 0 radical (unpaired) electrons. The predicted octanol–water partition coefficient (Wildman–Crippen LogP) is 3.54. The third-order valence-electron chi connectivity index (χ3n) is 6.00. The standard InChI is InChI=1S/C19H26O4/c1-16(2)8-18(5)7-11-6-17(3,4)14(21)13(20)12(11)19(9-16,10-18)15(22)23/h6-10H2,1-5H3,(H,22,23)/t18-,19-/m1/s1. The summed E-state index contributed by atoms with van der Waals surface area (Å²) in [7, 11) is 0.